The average Bonchev–Trinajstić information content (AvgIpc) is 2.60. The molecule has 2 N–H and O–H groups in total. The summed E-state index contributed by atoms with van der Waals surface area (Å²) in [6, 6.07) is -0.459. The molecule has 1 aliphatic heterocycles. The van der Waals surface area contributed by atoms with Gasteiger partial charge in [-0.25, -0.2) is 4.99 Å². The largest absolute Gasteiger partial charge is 0.462 e. The number of alkyl halides is 5. The smallest absolute Gasteiger partial charge is 0.418 e. The quantitative estimate of drug-likeness (QED) is 0.387. The van der Waals surface area contributed by atoms with Crippen LogP contribution in [0.25, 0.3) is 0 Å². The van der Waals surface area contributed by atoms with Crippen molar-refractivity contribution in [2.24, 2.45) is 10.7 Å². The lowest BCUT2D eigenvalue weighted by molar-refractivity contribution is -0.394. The SMILES string of the molecule is NC1N=C(OCCl)C=C(OCCl)N1c1c([N+](=O)[O-])cc([N+](=O)[O-])cc1C(F)(F)F. The minimum Gasteiger partial charge on any atom is -0.462 e. The van der Waals surface area contributed by atoms with Crippen molar-refractivity contribution in [3.63, 3.8) is 0 Å². The number of nitro groups is 2. The minimum absolute atomic E-state index is 0.141. The Hall–Kier alpha value is -2.84. The molecule has 0 spiro atoms. The summed E-state index contributed by atoms with van der Waals surface area (Å²) in [5.41, 5.74) is 0.551. The Morgan fingerprint density at radius 3 is 2.28 bits per heavy atom. The standard InChI is InChI=1S/C13H10Cl2F3N5O6/c14-4-28-9-3-10(29-5-15)21(12(19)20-9)11-7(13(16,17)18)1-6(22(24)25)2-8(11)23(26)27/h1-3,12H,4-5,19H2. The fourth-order valence-electron chi connectivity index (χ4n) is 2.39. The van der Waals surface area contributed by atoms with E-state index in [1.807, 2.05) is 0 Å². The highest BCUT2D eigenvalue weighted by Crippen LogP contribution is 2.46. The maximum absolute atomic E-state index is 13.7. The van der Waals surface area contributed by atoms with Gasteiger partial charge in [-0.05, 0) is 0 Å². The lowest BCUT2D eigenvalue weighted by atomic mass is 10.1. The first-order chi connectivity index (χ1) is 13.5. The second-order valence-electron chi connectivity index (χ2n) is 5.11. The number of hydrogen-bond acceptors (Lipinski definition) is 9. The van der Waals surface area contributed by atoms with Gasteiger partial charge in [0.05, 0.1) is 27.6 Å². The highest BCUT2D eigenvalue weighted by Gasteiger charge is 2.44. The second-order valence-corrected chi connectivity index (χ2v) is 5.55. The predicted octanol–water partition coefficient (Wildman–Crippen LogP) is 3.25. The molecular weight excluding hydrogens is 450 g/mol. The molecule has 1 aliphatic rings. The zero-order valence-corrected chi connectivity index (χ0v) is 15.4. The number of non-ortho nitro benzene ring substituents is 1. The Morgan fingerprint density at radius 1 is 1.17 bits per heavy atom. The Balaban J connectivity index is 2.82. The van der Waals surface area contributed by atoms with Crippen LogP contribution in [0.2, 0.25) is 0 Å². The van der Waals surface area contributed by atoms with Crippen molar-refractivity contribution in [2.45, 2.75) is 12.5 Å². The molecule has 1 unspecified atom stereocenters. The lowest BCUT2D eigenvalue weighted by Crippen LogP contribution is -2.45. The number of halogens is 5. The van der Waals surface area contributed by atoms with Crippen LogP contribution in [0.4, 0.5) is 30.2 Å². The van der Waals surface area contributed by atoms with E-state index < -0.39 is 56.9 Å². The van der Waals surface area contributed by atoms with Gasteiger partial charge in [0.15, 0.2) is 18.4 Å². The molecule has 0 radical (unpaired) electrons. The van der Waals surface area contributed by atoms with Crippen molar-refractivity contribution >= 4 is 46.2 Å². The van der Waals surface area contributed by atoms with Gasteiger partial charge in [-0.15, -0.1) is 0 Å². The van der Waals surface area contributed by atoms with E-state index in [1.165, 1.54) is 0 Å². The summed E-state index contributed by atoms with van der Waals surface area (Å²) in [5, 5.41) is 22.4. The summed E-state index contributed by atoms with van der Waals surface area (Å²) in [6.07, 6.45) is -5.97. The third-order valence-corrected chi connectivity index (χ3v) is 3.66. The number of ether oxygens (including phenoxy) is 2. The number of aliphatic imine (C=N–C) groups is 1. The number of nitro benzene ring substituents is 2. The molecule has 11 nitrogen and oxygen atoms in total. The molecule has 2 rings (SSSR count). The van der Waals surface area contributed by atoms with E-state index in [0.717, 1.165) is 6.08 Å². The van der Waals surface area contributed by atoms with Crippen molar-refractivity contribution < 1.29 is 32.5 Å². The number of hydrogen-bond donors (Lipinski definition) is 1. The number of anilines is 1. The lowest BCUT2D eigenvalue weighted by Gasteiger charge is -2.33. The third-order valence-electron chi connectivity index (χ3n) is 3.44. The van der Waals surface area contributed by atoms with Gasteiger partial charge in [0.1, 0.15) is 5.69 Å². The number of nitrogens with two attached hydrogens (primary N) is 1. The van der Waals surface area contributed by atoms with Crippen LogP contribution in [0.3, 0.4) is 0 Å². The number of benzene rings is 1. The molecule has 0 aromatic heterocycles. The third kappa shape index (κ3) is 4.78. The summed E-state index contributed by atoms with van der Waals surface area (Å²) in [4.78, 5) is 24.2. The first-order valence-electron chi connectivity index (χ1n) is 7.27. The van der Waals surface area contributed by atoms with Crippen LogP contribution in [0.15, 0.2) is 29.1 Å². The molecule has 0 aliphatic carbocycles. The van der Waals surface area contributed by atoms with Crippen LogP contribution >= 0.6 is 23.2 Å². The normalized spacial score (nSPS) is 16.8. The van der Waals surface area contributed by atoms with E-state index in [4.69, 9.17) is 38.4 Å². The van der Waals surface area contributed by atoms with Crippen molar-refractivity contribution in [3.05, 3.63) is 49.9 Å². The maximum atomic E-state index is 13.7. The summed E-state index contributed by atoms with van der Waals surface area (Å²) >= 11 is 10.9. The first kappa shape index (κ1) is 22.4. The molecule has 1 aromatic rings. The fraction of sp³-hybridized carbons (Fsp3) is 0.308. The number of rotatable bonds is 6. The van der Waals surface area contributed by atoms with Gasteiger partial charge in [-0.2, -0.15) is 13.2 Å². The molecule has 0 amide bonds. The second kappa shape index (κ2) is 8.67. The molecule has 158 valence electrons. The molecule has 0 saturated heterocycles. The molecule has 0 bridgehead atoms. The maximum Gasteiger partial charge on any atom is 0.418 e. The fourth-order valence-corrected chi connectivity index (χ4v) is 2.62. The first-order valence-corrected chi connectivity index (χ1v) is 8.34. The summed E-state index contributed by atoms with van der Waals surface area (Å²) in [6.45, 7) is 0. The van der Waals surface area contributed by atoms with Crippen LogP contribution in [0, 0.1) is 20.2 Å². The van der Waals surface area contributed by atoms with Gasteiger partial charge in [0.2, 0.25) is 11.8 Å². The summed E-state index contributed by atoms with van der Waals surface area (Å²) in [7, 11) is 0. The van der Waals surface area contributed by atoms with Crippen LogP contribution in [-0.2, 0) is 15.7 Å². The highest BCUT2D eigenvalue weighted by molar-refractivity contribution is 6.18. The van der Waals surface area contributed by atoms with E-state index in [9.17, 15) is 33.4 Å². The molecule has 1 atom stereocenters. The Labute approximate surface area is 169 Å². The molecule has 1 heterocycles. The molecule has 0 fully saturated rings. The monoisotopic (exact) mass is 459 g/mol. The average molecular weight is 460 g/mol. The molecule has 1 aromatic carbocycles. The molecule has 0 saturated carbocycles. The topological polar surface area (TPSA) is 146 Å². The zero-order chi connectivity index (χ0) is 21.9. The number of nitrogens with zero attached hydrogens (tertiary/aromatic N) is 4. The van der Waals surface area contributed by atoms with E-state index in [0.29, 0.717) is 11.0 Å². The van der Waals surface area contributed by atoms with E-state index >= 15 is 0 Å². The van der Waals surface area contributed by atoms with E-state index in [2.05, 4.69) is 4.99 Å². The summed E-state index contributed by atoms with van der Waals surface area (Å²) < 4.78 is 50.9. The van der Waals surface area contributed by atoms with Crippen LogP contribution in [0.5, 0.6) is 0 Å². The van der Waals surface area contributed by atoms with Crippen LogP contribution in [-0.4, -0.2) is 34.2 Å². The minimum atomic E-state index is -5.23. The van der Waals surface area contributed by atoms with Crippen LogP contribution < -0.4 is 10.6 Å². The zero-order valence-electron chi connectivity index (χ0n) is 13.9. The van der Waals surface area contributed by atoms with Gasteiger partial charge in [0.25, 0.3) is 5.69 Å². The Morgan fingerprint density at radius 2 is 1.79 bits per heavy atom. The van der Waals surface area contributed by atoms with Gasteiger partial charge in [-0.1, -0.05) is 23.2 Å². The van der Waals surface area contributed by atoms with Crippen LogP contribution in [0.1, 0.15) is 5.56 Å². The van der Waals surface area contributed by atoms with Crippen molar-refractivity contribution in [1.82, 2.24) is 0 Å². The Kier molecular flexibility index (Phi) is 6.71. The Bertz CT molecular complexity index is 894. The summed E-state index contributed by atoms with van der Waals surface area (Å²) in [5.74, 6) is -0.716. The molecule has 29 heavy (non-hydrogen) atoms. The van der Waals surface area contributed by atoms with Crippen molar-refractivity contribution in [1.29, 1.82) is 0 Å². The van der Waals surface area contributed by atoms with Gasteiger partial charge in [0, 0.05) is 6.07 Å². The van der Waals surface area contributed by atoms with Gasteiger partial charge < -0.3 is 9.47 Å². The van der Waals surface area contributed by atoms with Gasteiger partial charge in [-0.3, -0.25) is 30.9 Å². The highest BCUT2D eigenvalue weighted by atomic mass is 35.5. The van der Waals surface area contributed by atoms with E-state index in [-0.39, 0.29) is 18.0 Å². The molecule has 16 heteroatoms. The predicted molar refractivity (Wildman–Crippen MR) is 94.3 cm³/mol. The van der Waals surface area contributed by atoms with E-state index in [1.54, 1.807) is 0 Å². The van der Waals surface area contributed by atoms with Crippen molar-refractivity contribution in [3.8, 4) is 0 Å². The molecular formula is C13H10Cl2F3N5O6. The van der Waals surface area contributed by atoms with Crippen molar-refractivity contribution in [2.75, 3.05) is 17.0 Å². The van der Waals surface area contributed by atoms with Gasteiger partial charge >= 0.3 is 11.9 Å².